The Bertz CT molecular complexity index is 742. The number of carbonyl (C=O) groups is 1. The summed E-state index contributed by atoms with van der Waals surface area (Å²) in [5.74, 6) is 1.09. The number of unbranched alkanes of at least 4 members (excludes halogenated alkanes) is 1. The van der Waals surface area contributed by atoms with E-state index in [-0.39, 0.29) is 5.69 Å². The lowest BCUT2D eigenvalue weighted by atomic mass is 10.0. The zero-order chi connectivity index (χ0) is 17.7. The van der Waals surface area contributed by atoms with Gasteiger partial charge in [-0.05, 0) is 19.4 Å². The fraction of sp³-hybridized carbons (Fsp3) is 0.444. The second kappa shape index (κ2) is 7.86. The van der Waals surface area contributed by atoms with Crippen LogP contribution in [0.4, 0.5) is 0 Å². The summed E-state index contributed by atoms with van der Waals surface area (Å²) in [5, 5.41) is 1.26. The first kappa shape index (κ1) is 17.8. The molecule has 6 nitrogen and oxygen atoms in total. The average Bonchev–Trinajstić information content (AvgIpc) is 2.60. The number of pyridine rings is 1. The summed E-state index contributed by atoms with van der Waals surface area (Å²) >= 11 is 0. The normalized spacial score (nSPS) is 10.5. The SMILES string of the molecule is CCCCOC(=O)c1nccc2c(OC)c(C)c(OC)c(OC)c12. The topological polar surface area (TPSA) is 66.9 Å². The van der Waals surface area contributed by atoms with Crippen molar-refractivity contribution in [3.63, 3.8) is 0 Å². The molecule has 24 heavy (non-hydrogen) atoms. The first-order valence-electron chi connectivity index (χ1n) is 7.84. The highest BCUT2D eigenvalue weighted by atomic mass is 16.5. The molecule has 6 heteroatoms. The molecule has 0 bridgehead atoms. The second-order valence-corrected chi connectivity index (χ2v) is 5.30. The molecule has 0 unspecified atom stereocenters. The van der Waals surface area contributed by atoms with Gasteiger partial charge in [0.05, 0.1) is 33.3 Å². The Kier molecular flexibility index (Phi) is 5.84. The number of ether oxygens (including phenoxy) is 4. The summed E-state index contributed by atoms with van der Waals surface area (Å²) in [4.78, 5) is 16.7. The van der Waals surface area contributed by atoms with E-state index in [1.54, 1.807) is 26.5 Å². The Morgan fingerprint density at radius 1 is 1.08 bits per heavy atom. The van der Waals surface area contributed by atoms with Crippen LogP contribution >= 0.6 is 0 Å². The van der Waals surface area contributed by atoms with E-state index >= 15 is 0 Å². The van der Waals surface area contributed by atoms with Crippen LogP contribution in [0.1, 0.15) is 35.8 Å². The van der Waals surface area contributed by atoms with Crippen molar-refractivity contribution in [2.45, 2.75) is 26.7 Å². The molecule has 0 saturated heterocycles. The molecule has 0 aliphatic heterocycles. The number of esters is 1. The zero-order valence-corrected chi connectivity index (χ0v) is 14.8. The van der Waals surface area contributed by atoms with E-state index in [0.717, 1.165) is 23.8 Å². The number of hydrogen-bond acceptors (Lipinski definition) is 6. The van der Waals surface area contributed by atoms with Crippen LogP contribution in [0, 0.1) is 6.92 Å². The van der Waals surface area contributed by atoms with Gasteiger partial charge in [0.2, 0.25) is 0 Å². The lowest BCUT2D eigenvalue weighted by molar-refractivity contribution is 0.0495. The predicted molar refractivity (Wildman–Crippen MR) is 91.3 cm³/mol. The summed E-state index contributed by atoms with van der Waals surface area (Å²) in [6.45, 7) is 4.26. The third kappa shape index (κ3) is 3.09. The van der Waals surface area contributed by atoms with Crippen molar-refractivity contribution in [1.29, 1.82) is 0 Å². The third-order valence-corrected chi connectivity index (χ3v) is 3.85. The molecule has 0 aliphatic carbocycles. The number of aromatic nitrogens is 1. The molecule has 1 heterocycles. The largest absolute Gasteiger partial charge is 0.496 e. The first-order valence-corrected chi connectivity index (χ1v) is 7.84. The molecule has 0 radical (unpaired) electrons. The number of fused-ring (bicyclic) bond motifs is 1. The Balaban J connectivity index is 2.71. The average molecular weight is 333 g/mol. The van der Waals surface area contributed by atoms with Crippen molar-refractivity contribution in [3.05, 3.63) is 23.5 Å². The van der Waals surface area contributed by atoms with Crippen molar-refractivity contribution in [2.75, 3.05) is 27.9 Å². The Morgan fingerprint density at radius 2 is 1.75 bits per heavy atom. The molecule has 0 fully saturated rings. The van der Waals surface area contributed by atoms with E-state index in [1.165, 1.54) is 7.11 Å². The van der Waals surface area contributed by atoms with Gasteiger partial charge in [-0.25, -0.2) is 9.78 Å². The van der Waals surface area contributed by atoms with E-state index in [4.69, 9.17) is 18.9 Å². The number of nitrogens with zero attached hydrogens (tertiary/aromatic N) is 1. The monoisotopic (exact) mass is 333 g/mol. The van der Waals surface area contributed by atoms with Crippen LogP contribution in [0.15, 0.2) is 12.3 Å². The van der Waals surface area contributed by atoms with Crippen molar-refractivity contribution in [2.24, 2.45) is 0 Å². The Labute approximate surface area is 141 Å². The minimum Gasteiger partial charge on any atom is -0.496 e. The van der Waals surface area contributed by atoms with Crippen LogP contribution in [0.3, 0.4) is 0 Å². The highest BCUT2D eigenvalue weighted by Crippen LogP contribution is 2.46. The molecular formula is C18H23NO5. The molecule has 0 amide bonds. The minimum atomic E-state index is -0.486. The van der Waals surface area contributed by atoms with Gasteiger partial charge < -0.3 is 18.9 Å². The minimum absolute atomic E-state index is 0.192. The van der Waals surface area contributed by atoms with Crippen LogP contribution in [-0.4, -0.2) is 38.9 Å². The fourth-order valence-electron chi connectivity index (χ4n) is 2.71. The summed E-state index contributed by atoms with van der Waals surface area (Å²) in [6.07, 6.45) is 3.31. The van der Waals surface area contributed by atoms with E-state index < -0.39 is 5.97 Å². The highest BCUT2D eigenvalue weighted by molar-refractivity contribution is 6.09. The zero-order valence-electron chi connectivity index (χ0n) is 14.8. The number of carbonyl (C=O) groups excluding carboxylic acids is 1. The molecule has 1 aromatic carbocycles. The van der Waals surface area contributed by atoms with Gasteiger partial charge in [0, 0.05) is 17.1 Å². The molecule has 1 aromatic heterocycles. The van der Waals surface area contributed by atoms with Gasteiger partial charge in [-0.2, -0.15) is 0 Å². The smallest absolute Gasteiger partial charge is 0.357 e. The molecular weight excluding hydrogens is 310 g/mol. The van der Waals surface area contributed by atoms with E-state index in [2.05, 4.69) is 4.98 Å². The summed E-state index contributed by atoms with van der Waals surface area (Å²) in [6, 6.07) is 1.78. The van der Waals surface area contributed by atoms with Crippen molar-refractivity contribution in [1.82, 2.24) is 4.98 Å². The van der Waals surface area contributed by atoms with Crippen LogP contribution in [0.25, 0.3) is 10.8 Å². The van der Waals surface area contributed by atoms with Crippen LogP contribution < -0.4 is 14.2 Å². The molecule has 0 atom stereocenters. The lowest BCUT2D eigenvalue weighted by Gasteiger charge is -2.18. The highest BCUT2D eigenvalue weighted by Gasteiger charge is 2.25. The Morgan fingerprint density at radius 3 is 2.33 bits per heavy atom. The molecule has 2 rings (SSSR count). The fourth-order valence-corrected chi connectivity index (χ4v) is 2.71. The van der Waals surface area contributed by atoms with E-state index in [9.17, 15) is 4.79 Å². The van der Waals surface area contributed by atoms with E-state index in [0.29, 0.717) is 29.2 Å². The number of hydrogen-bond donors (Lipinski definition) is 0. The maximum atomic E-state index is 12.5. The van der Waals surface area contributed by atoms with Gasteiger partial charge in [-0.3, -0.25) is 0 Å². The molecule has 0 N–H and O–H groups in total. The van der Waals surface area contributed by atoms with E-state index in [1.807, 2.05) is 13.8 Å². The lowest BCUT2D eigenvalue weighted by Crippen LogP contribution is -2.10. The maximum absolute atomic E-state index is 12.5. The van der Waals surface area contributed by atoms with Gasteiger partial charge in [-0.15, -0.1) is 0 Å². The number of methoxy groups -OCH3 is 3. The summed E-state index contributed by atoms with van der Waals surface area (Å²) < 4.78 is 21.8. The molecule has 2 aromatic rings. The molecule has 0 aliphatic rings. The maximum Gasteiger partial charge on any atom is 0.357 e. The van der Waals surface area contributed by atoms with Gasteiger partial charge in [0.1, 0.15) is 5.75 Å². The van der Waals surface area contributed by atoms with Gasteiger partial charge in [0.15, 0.2) is 17.2 Å². The molecule has 130 valence electrons. The van der Waals surface area contributed by atoms with Crippen molar-refractivity contribution in [3.8, 4) is 17.2 Å². The quantitative estimate of drug-likeness (QED) is 0.570. The predicted octanol–water partition coefficient (Wildman–Crippen LogP) is 3.53. The van der Waals surface area contributed by atoms with Crippen LogP contribution in [-0.2, 0) is 4.74 Å². The second-order valence-electron chi connectivity index (χ2n) is 5.30. The van der Waals surface area contributed by atoms with Gasteiger partial charge in [0.25, 0.3) is 0 Å². The first-order chi connectivity index (χ1) is 11.6. The summed E-state index contributed by atoms with van der Waals surface area (Å²) in [7, 11) is 4.65. The summed E-state index contributed by atoms with van der Waals surface area (Å²) in [5.41, 5.74) is 0.984. The number of benzene rings is 1. The van der Waals surface area contributed by atoms with Crippen LogP contribution in [0.2, 0.25) is 0 Å². The van der Waals surface area contributed by atoms with Crippen LogP contribution in [0.5, 0.6) is 17.2 Å². The third-order valence-electron chi connectivity index (χ3n) is 3.85. The standard InChI is InChI=1S/C18H23NO5/c1-6-7-10-24-18(20)14-13-12(8-9-19-14)15(21-3)11(2)16(22-4)17(13)23-5/h8-9H,6-7,10H2,1-5H3. The van der Waals surface area contributed by atoms with Crippen molar-refractivity contribution >= 4 is 16.7 Å². The molecule has 0 spiro atoms. The Hall–Kier alpha value is -2.50. The van der Waals surface area contributed by atoms with Crippen molar-refractivity contribution < 1.29 is 23.7 Å². The molecule has 0 saturated carbocycles. The van der Waals surface area contributed by atoms with Gasteiger partial charge in [-0.1, -0.05) is 13.3 Å². The number of rotatable bonds is 7. The van der Waals surface area contributed by atoms with Gasteiger partial charge >= 0.3 is 5.97 Å².